The molecule has 0 aromatic heterocycles. The third-order valence-electron chi connectivity index (χ3n) is 2.77. The molecule has 78 valence electrons. The molecule has 1 aliphatic heterocycles. The number of rotatable bonds is 5. The van der Waals surface area contributed by atoms with Crippen molar-refractivity contribution in [2.75, 3.05) is 33.3 Å². The minimum Gasteiger partial charge on any atom is -0.396 e. The maximum absolute atomic E-state index is 8.73. The Morgan fingerprint density at radius 3 is 2.92 bits per heavy atom. The zero-order valence-corrected chi connectivity index (χ0v) is 8.79. The van der Waals surface area contributed by atoms with Crippen molar-refractivity contribution in [2.45, 2.75) is 25.8 Å². The maximum Gasteiger partial charge on any atom is 0.0434 e. The molecule has 1 heterocycles. The van der Waals surface area contributed by atoms with E-state index < -0.39 is 0 Å². The highest BCUT2D eigenvalue weighted by Crippen LogP contribution is 2.07. The van der Waals surface area contributed by atoms with Gasteiger partial charge in [-0.25, -0.2) is 0 Å². The minimum atomic E-state index is 0.313. The zero-order chi connectivity index (χ0) is 9.68. The van der Waals surface area contributed by atoms with E-state index in [2.05, 4.69) is 24.2 Å². The van der Waals surface area contributed by atoms with Crippen LogP contribution in [0.1, 0.15) is 19.8 Å². The Balaban J connectivity index is 2.05. The van der Waals surface area contributed by atoms with E-state index in [9.17, 15) is 0 Å². The van der Waals surface area contributed by atoms with Crippen molar-refractivity contribution in [1.82, 2.24) is 10.2 Å². The molecule has 0 aromatic rings. The maximum atomic E-state index is 8.73. The van der Waals surface area contributed by atoms with Gasteiger partial charge >= 0.3 is 0 Å². The van der Waals surface area contributed by atoms with Crippen LogP contribution in [0.2, 0.25) is 0 Å². The van der Waals surface area contributed by atoms with Gasteiger partial charge in [0.1, 0.15) is 0 Å². The van der Waals surface area contributed by atoms with Crippen molar-refractivity contribution >= 4 is 0 Å². The largest absolute Gasteiger partial charge is 0.396 e. The summed E-state index contributed by atoms with van der Waals surface area (Å²) in [6.45, 7) is 5.92. The first-order valence-electron chi connectivity index (χ1n) is 5.25. The fourth-order valence-corrected chi connectivity index (χ4v) is 1.79. The minimum absolute atomic E-state index is 0.313. The van der Waals surface area contributed by atoms with Gasteiger partial charge in [-0.2, -0.15) is 0 Å². The molecule has 0 bridgehead atoms. The average molecular weight is 186 g/mol. The number of likely N-dealkylation sites (tertiary alicyclic amines) is 1. The van der Waals surface area contributed by atoms with E-state index in [0.717, 1.165) is 13.0 Å². The van der Waals surface area contributed by atoms with Gasteiger partial charge in [0.25, 0.3) is 0 Å². The predicted molar refractivity (Wildman–Crippen MR) is 54.8 cm³/mol. The Morgan fingerprint density at radius 1 is 1.62 bits per heavy atom. The van der Waals surface area contributed by atoms with E-state index in [4.69, 9.17) is 5.11 Å². The monoisotopic (exact) mass is 186 g/mol. The van der Waals surface area contributed by atoms with E-state index in [-0.39, 0.29) is 0 Å². The van der Waals surface area contributed by atoms with Gasteiger partial charge in [0.2, 0.25) is 0 Å². The topological polar surface area (TPSA) is 35.5 Å². The summed E-state index contributed by atoms with van der Waals surface area (Å²) < 4.78 is 0. The van der Waals surface area contributed by atoms with Crippen LogP contribution in [0.3, 0.4) is 0 Å². The first-order valence-corrected chi connectivity index (χ1v) is 5.25. The van der Waals surface area contributed by atoms with E-state index in [1.54, 1.807) is 0 Å². The second-order valence-corrected chi connectivity index (χ2v) is 4.27. The highest BCUT2D eigenvalue weighted by atomic mass is 16.3. The van der Waals surface area contributed by atoms with Crippen LogP contribution < -0.4 is 5.32 Å². The summed E-state index contributed by atoms with van der Waals surface area (Å²) in [5.74, 6) is 0.593. The van der Waals surface area contributed by atoms with Crippen molar-refractivity contribution in [1.29, 1.82) is 0 Å². The molecule has 0 saturated carbocycles. The molecule has 1 saturated heterocycles. The average Bonchev–Trinajstić information content (AvgIpc) is 2.49. The highest BCUT2D eigenvalue weighted by Gasteiger charge is 2.18. The smallest absolute Gasteiger partial charge is 0.0434 e. The molecule has 0 amide bonds. The third-order valence-corrected chi connectivity index (χ3v) is 2.77. The second kappa shape index (κ2) is 5.58. The number of nitrogens with one attached hydrogen (secondary N) is 1. The van der Waals surface area contributed by atoms with Crippen molar-refractivity contribution in [3.05, 3.63) is 0 Å². The summed E-state index contributed by atoms with van der Waals surface area (Å²) in [4.78, 5) is 2.36. The van der Waals surface area contributed by atoms with Crippen LogP contribution in [-0.4, -0.2) is 49.3 Å². The molecule has 2 unspecified atom stereocenters. The molecule has 1 aliphatic rings. The fraction of sp³-hybridized carbons (Fsp3) is 1.00. The number of hydrogen-bond donors (Lipinski definition) is 2. The van der Waals surface area contributed by atoms with E-state index >= 15 is 0 Å². The summed E-state index contributed by atoms with van der Waals surface area (Å²) in [6.07, 6.45) is 2.18. The quantitative estimate of drug-likeness (QED) is 0.648. The number of aliphatic hydroxyl groups is 1. The molecule has 3 nitrogen and oxygen atoms in total. The summed E-state index contributed by atoms with van der Waals surface area (Å²) in [7, 11) is 2.17. The van der Waals surface area contributed by atoms with Gasteiger partial charge in [-0.3, -0.25) is 0 Å². The molecule has 0 spiro atoms. The lowest BCUT2D eigenvalue weighted by Crippen LogP contribution is -2.34. The molecule has 0 radical (unpaired) electrons. The van der Waals surface area contributed by atoms with E-state index in [1.165, 1.54) is 19.5 Å². The Morgan fingerprint density at radius 2 is 2.38 bits per heavy atom. The molecule has 2 atom stereocenters. The molecular formula is C10H22N2O. The lowest BCUT2D eigenvalue weighted by atomic mass is 10.1. The summed E-state index contributed by atoms with van der Waals surface area (Å²) in [6, 6.07) is 0.672. The van der Waals surface area contributed by atoms with Crippen molar-refractivity contribution in [3.8, 4) is 0 Å². The third kappa shape index (κ3) is 4.07. The van der Waals surface area contributed by atoms with Gasteiger partial charge in [0.05, 0.1) is 0 Å². The Bertz CT molecular complexity index is 141. The Kier molecular flexibility index (Phi) is 4.70. The SMILES string of the molecule is CC(CCO)CNC1CCN(C)C1. The van der Waals surface area contributed by atoms with Crippen LogP contribution in [0.4, 0.5) is 0 Å². The van der Waals surface area contributed by atoms with Crippen LogP contribution in [0, 0.1) is 5.92 Å². The number of nitrogens with zero attached hydrogens (tertiary/aromatic N) is 1. The van der Waals surface area contributed by atoms with Crippen LogP contribution in [0.5, 0.6) is 0 Å². The zero-order valence-electron chi connectivity index (χ0n) is 8.79. The van der Waals surface area contributed by atoms with Crippen molar-refractivity contribution < 1.29 is 5.11 Å². The normalized spacial score (nSPS) is 26.5. The molecule has 13 heavy (non-hydrogen) atoms. The van der Waals surface area contributed by atoms with Gasteiger partial charge in [-0.15, -0.1) is 0 Å². The van der Waals surface area contributed by atoms with Crippen molar-refractivity contribution in [3.63, 3.8) is 0 Å². The summed E-state index contributed by atoms with van der Waals surface area (Å²) >= 11 is 0. The first-order chi connectivity index (χ1) is 6.22. The second-order valence-electron chi connectivity index (χ2n) is 4.27. The highest BCUT2D eigenvalue weighted by molar-refractivity contribution is 4.79. The van der Waals surface area contributed by atoms with Gasteiger partial charge in [0, 0.05) is 19.2 Å². The number of likely N-dealkylation sites (N-methyl/N-ethyl adjacent to an activating group) is 1. The Hall–Kier alpha value is -0.120. The molecule has 3 heteroatoms. The van der Waals surface area contributed by atoms with Crippen LogP contribution in [-0.2, 0) is 0 Å². The van der Waals surface area contributed by atoms with Crippen LogP contribution >= 0.6 is 0 Å². The molecule has 2 N–H and O–H groups in total. The summed E-state index contributed by atoms with van der Waals surface area (Å²) in [5, 5.41) is 12.3. The van der Waals surface area contributed by atoms with Gasteiger partial charge in [-0.1, -0.05) is 6.92 Å². The van der Waals surface area contributed by atoms with Gasteiger partial charge < -0.3 is 15.3 Å². The lowest BCUT2D eigenvalue weighted by molar-refractivity contribution is 0.257. The summed E-state index contributed by atoms with van der Waals surface area (Å²) in [5.41, 5.74) is 0. The molecule has 1 rings (SSSR count). The van der Waals surface area contributed by atoms with Crippen LogP contribution in [0.25, 0.3) is 0 Å². The van der Waals surface area contributed by atoms with Gasteiger partial charge in [0.15, 0.2) is 0 Å². The number of aliphatic hydroxyl groups excluding tert-OH is 1. The standard InChI is InChI=1S/C10H22N2O/c1-9(4-6-13)7-11-10-3-5-12(2)8-10/h9-11,13H,3-8H2,1-2H3. The first kappa shape index (κ1) is 11.0. The van der Waals surface area contributed by atoms with Crippen LogP contribution in [0.15, 0.2) is 0 Å². The molecular weight excluding hydrogens is 164 g/mol. The number of hydrogen-bond acceptors (Lipinski definition) is 3. The Labute approximate surface area is 81.1 Å². The fourth-order valence-electron chi connectivity index (χ4n) is 1.79. The van der Waals surface area contributed by atoms with E-state index in [0.29, 0.717) is 18.6 Å². The molecule has 1 fully saturated rings. The van der Waals surface area contributed by atoms with E-state index in [1.807, 2.05) is 0 Å². The predicted octanol–water partition coefficient (Wildman–Crippen LogP) is 0.299. The molecule has 0 aliphatic carbocycles. The lowest BCUT2D eigenvalue weighted by Gasteiger charge is -2.16. The van der Waals surface area contributed by atoms with Crippen molar-refractivity contribution in [2.24, 2.45) is 5.92 Å². The van der Waals surface area contributed by atoms with Gasteiger partial charge in [-0.05, 0) is 38.9 Å². The molecule has 0 aromatic carbocycles.